The van der Waals surface area contributed by atoms with Crippen LogP contribution in [-0.2, 0) is 6.54 Å². The normalized spacial score (nSPS) is 10.7. The highest BCUT2D eigenvalue weighted by Gasteiger charge is 2.13. The van der Waals surface area contributed by atoms with E-state index in [-0.39, 0.29) is 0 Å². The minimum absolute atomic E-state index is 0.687. The standard InChI is InChI=1S/C13H16N2OS/c1-3-4-6-15-8-11(9-16)12(14-15)13-10(2)5-7-17-13/h5,7-9H,3-4,6H2,1-2H3. The molecule has 90 valence electrons. The summed E-state index contributed by atoms with van der Waals surface area (Å²) in [7, 11) is 0. The highest BCUT2D eigenvalue weighted by molar-refractivity contribution is 7.13. The average Bonchev–Trinajstić information content (AvgIpc) is 2.91. The molecule has 0 aromatic carbocycles. The molecule has 3 nitrogen and oxygen atoms in total. The van der Waals surface area contributed by atoms with E-state index < -0.39 is 0 Å². The molecular weight excluding hydrogens is 232 g/mol. The number of unbranched alkanes of at least 4 members (excludes halogenated alkanes) is 1. The van der Waals surface area contributed by atoms with E-state index in [1.807, 2.05) is 23.2 Å². The molecule has 2 aromatic heterocycles. The molecule has 0 bridgehead atoms. The molecule has 0 amide bonds. The van der Waals surface area contributed by atoms with Crippen LogP contribution in [0.25, 0.3) is 10.6 Å². The Balaban J connectivity index is 2.36. The smallest absolute Gasteiger partial charge is 0.153 e. The zero-order valence-corrected chi connectivity index (χ0v) is 11.0. The van der Waals surface area contributed by atoms with Gasteiger partial charge in [-0.25, -0.2) is 0 Å². The van der Waals surface area contributed by atoms with Gasteiger partial charge in [0.1, 0.15) is 5.69 Å². The molecule has 0 saturated heterocycles. The van der Waals surface area contributed by atoms with Crippen molar-refractivity contribution in [2.45, 2.75) is 33.2 Å². The molecule has 0 aliphatic rings. The molecule has 0 saturated carbocycles. The van der Waals surface area contributed by atoms with Crippen LogP contribution in [0.15, 0.2) is 17.6 Å². The summed E-state index contributed by atoms with van der Waals surface area (Å²) >= 11 is 1.63. The SMILES string of the molecule is CCCCn1cc(C=O)c(-c2sccc2C)n1. The van der Waals surface area contributed by atoms with E-state index in [4.69, 9.17) is 0 Å². The van der Waals surface area contributed by atoms with E-state index in [1.165, 1.54) is 5.56 Å². The molecule has 0 N–H and O–H groups in total. The molecule has 0 atom stereocenters. The third-order valence-corrected chi connectivity index (χ3v) is 3.76. The van der Waals surface area contributed by atoms with Crippen LogP contribution in [-0.4, -0.2) is 16.1 Å². The molecule has 0 unspecified atom stereocenters. The summed E-state index contributed by atoms with van der Waals surface area (Å²) < 4.78 is 1.88. The summed E-state index contributed by atoms with van der Waals surface area (Å²) in [6.07, 6.45) is 4.95. The largest absolute Gasteiger partial charge is 0.298 e. The van der Waals surface area contributed by atoms with Gasteiger partial charge in [0.2, 0.25) is 0 Å². The zero-order chi connectivity index (χ0) is 12.3. The Labute approximate surface area is 105 Å². The molecule has 4 heteroatoms. The van der Waals surface area contributed by atoms with E-state index in [9.17, 15) is 4.79 Å². The van der Waals surface area contributed by atoms with Gasteiger partial charge in [0.15, 0.2) is 6.29 Å². The first-order valence-corrected chi connectivity index (χ1v) is 6.71. The van der Waals surface area contributed by atoms with Crippen LogP contribution >= 0.6 is 11.3 Å². The summed E-state index contributed by atoms with van der Waals surface area (Å²) in [6, 6.07) is 2.06. The number of aromatic nitrogens is 2. The van der Waals surface area contributed by atoms with Gasteiger partial charge in [-0.05, 0) is 30.4 Å². The number of hydrogen-bond acceptors (Lipinski definition) is 3. The predicted molar refractivity (Wildman–Crippen MR) is 70.6 cm³/mol. The van der Waals surface area contributed by atoms with Crippen molar-refractivity contribution in [3.8, 4) is 10.6 Å². The lowest BCUT2D eigenvalue weighted by Gasteiger charge is -1.98. The maximum absolute atomic E-state index is 11.1. The summed E-state index contributed by atoms with van der Waals surface area (Å²) in [5.74, 6) is 0. The van der Waals surface area contributed by atoms with Gasteiger partial charge in [-0.2, -0.15) is 5.10 Å². The number of hydrogen-bond donors (Lipinski definition) is 0. The van der Waals surface area contributed by atoms with Crippen LogP contribution in [0.1, 0.15) is 35.7 Å². The number of carbonyl (C=O) groups excluding carboxylic acids is 1. The van der Waals surface area contributed by atoms with Gasteiger partial charge in [0.25, 0.3) is 0 Å². The van der Waals surface area contributed by atoms with Crippen molar-refractivity contribution >= 4 is 17.6 Å². The molecule has 17 heavy (non-hydrogen) atoms. The molecule has 2 rings (SSSR count). The fourth-order valence-electron chi connectivity index (χ4n) is 1.75. The minimum Gasteiger partial charge on any atom is -0.298 e. The molecule has 0 aliphatic carbocycles. The molecule has 0 spiro atoms. The zero-order valence-electron chi connectivity index (χ0n) is 10.1. The number of rotatable bonds is 5. The Hall–Kier alpha value is -1.42. The third-order valence-electron chi connectivity index (χ3n) is 2.73. The molecule has 0 aliphatic heterocycles. The Kier molecular flexibility index (Phi) is 3.74. The quantitative estimate of drug-likeness (QED) is 0.759. The lowest BCUT2D eigenvalue weighted by molar-refractivity contribution is 0.112. The average molecular weight is 248 g/mol. The molecule has 0 fully saturated rings. The fraction of sp³-hybridized carbons (Fsp3) is 0.385. The van der Waals surface area contributed by atoms with Crippen molar-refractivity contribution in [2.24, 2.45) is 0 Å². The second-order valence-corrected chi connectivity index (χ2v) is 5.02. The van der Waals surface area contributed by atoms with E-state index >= 15 is 0 Å². The highest BCUT2D eigenvalue weighted by Crippen LogP contribution is 2.29. The molecule has 0 radical (unpaired) electrons. The Bertz CT molecular complexity index is 513. The Morgan fingerprint density at radius 1 is 1.53 bits per heavy atom. The Morgan fingerprint density at radius 2 is 2.35 bits per heavy atom. The second kappa shape index (κ2) is 5.27. The summed E-state index contributed by atoms with van der Waals surface area (Å²) in [5.41, 5.74) is 2.69. The van der Waals surface area contributed by atoms with Crippen molar-refractivity contribution in [3.63, 3.8) is 0 Å². The first-order valence-electron chi connectivity index (χ1n) is 5.83. The van der Waals surface area contributed by atoms with Gasteiger partial charge in [-0.15, -0.1) is 11.3 Å². The van der Waals surface area contributed by atoms with Gasteiger partial charge in [-0.3, -0.25) is 9.48 Å². The monoisotopic (exact) mass is 248 g/mol. The maximum Gasteiger partial charge on any atom is 0.153 e. The van der Waals surface area contributed by atoms with Crippen LogP contribution in [0.5, 0.6) is 0 Å². The van der Waals surface area contributed by atoms with Gasteiger partial charge in [-0.1, -0.05) is 13.3 Å². The van der Waals surface area contributed by atoms with Crippen molar-refractivity contribution in [1.29, 1.82) is 0 Å². The first kappa shape index (κ1) is 12.0. The molecule has 2 heterocycles. The van der Waals surface area contributed by atoms with Gasteiger partial charge in [0.05, 0.1) is 10.4 Å². The number of thiophene rings is 1. The second-order valence-electron chi connectivity index (χ2n) is 4.10. The first-order chi connectivity index (χ1) is 8.26. The predicted octanol–water partition coefficient (Wildman–Crippen LogP) is 3.53. The van der Waals surface area contributed by atoms with E-state index in [2.05, 4.69) is 18.1 Å². The number of carbonyl (C=O) groups is 1. The third kappa shape index (κ3) is 2.47. The summed E-state index contributed by atoms with van der Waals surface area (Å²) in [5, 5.41) is 6.55. The topological polar surface area (TPSA) is 34.9 Å². The summed E-state index contributed by atoms with van der Waals surface area (Å²) in [4.78, 5) is 12.2. The van der Waals surface area contributed by atoms with Crippen LogP contribution in [0, 0.1) is 6.92 Å². The summed E-state index contributed by atoms with van der Waals surface area (Å²) in [6.45, 7) is 5.07. The van der Waals surface area contributed by atoms with Gasteiger partial charge < -0.3 is 0 Å². The fourth-order valence-corrected chi connectivity index (χ4v) is 2.68. The van der Waals surface area contributed by atoms with Gasteiger partial charge in [0, 0.05) is 12.7 Å². The van der Waals surface area contributed by atoms with Crippen LogP contribution < -0.4 is 0 Å². The van der Waals surface area contributed by atoms with Crippen molar-refractivity contribution in [2.75, 3.05) is 0 Å². The molecular formula is C13H16N2OS. The van der Waals surface area contributed by atoms with E-state index in [1.54, 1.807) is 11.3 Å². The van der Waals surface area contributed by atoms with E-state index in [0.717, 1.165) is 36.2 Å². The highest BCUT2D eigenvalue weighted by atomic mass is 32.1. The number of aryl methyl sites for hydroxylation is 2. The van der Waals surface area contributed by atoms with Crippen molar-refractivity contribution in [1.82, 2.24) is 9.78 Å². The number of aldehydes is 1. The Morgan fingerprint density at radius 3 is 2.94 bits per heavy atom. The maximum atomic E-state index is 11.1. The van der Waals surface area contributed by atoms with Crippen LogP contribution in [0.3, 0.4) is 0 Å². The van der Waals surface area contributed by atoms with Crippen LogP contribution in [0.2, 0.25) is 0 Å². The van der Waals surface area contributed by atoms with Crippen molar-refractivity contribution < 1.29 is 4.79 Å². The minimum atomic E-state index is 0.687. The lowest BCUT2D eigenvalue weighted by Crippen LogP contribution is -1.97. The van der Waals surface area contributed by atoms with Gasteiger partial charge >= 0.3 is 0 Å². The lowest BCUT2D eigenvalue weighted by atomic mass is 10.2. The van der Waals surface area contributed by atoms with Crippen LogP contribution in [0.4, 0.5) is 0 Å². The molecule has 2 aromatic rings. The van der Waals surface area contributed by atoms with E-state index in [0.29, 0.717) is 5.56 Å². The number of nitrogens with zero attached hydrogens (tertiary/aromatic N) is 2. The van der Waals surface area contributed by atoms with Crippen molar-refractivity contribution in [3.05, 3.63) is 28.8 Å².